The first-order valence-corrected chi connectivity index (χ1v) is 10.5. The minimum absolute atomic E-state index is 0.0589. The number of hydrogen-bond acceptors (Lipinski definition) is 4. The van der Waals surface area contributed by atoms with Crippen molar-refractivity contribution in [1.82, 2.24) is 4.90 Å². The number of amides is 1. The van der Waals surface area contributed by atoms with Gasteiger partial charge in [-0.05, 0) is 49.7 Å². The van der Waals surface area contributed by atoms with Crippen molar-refractivity contribution in [3.05, 3.63) is 24.3 Å². The standard InChI is InChI=1S/C22H32N2O3/c1-17(14-24-20-7-2-3-8-21(20)27-16-22(24)25)13-23-11-9-19(10-12-23)26-15-18-5-4-6-18/h2-3,7-8,17-19H,4-6,9-16H2,1H3/t17-/m1/s1. The molecule has 1 aromatic carbocycles. The molecule has 0 spiro atoms. The second kappa shape index (κ2) is 8.61. The fourth-order valence-corrected chi connectivity index (χ4v) is 4.35. The van der Waals surface area contributed by atoms with E-state index < -0.39 is 0 Å². The molecule has 0 aromatic heterocycles. The van der Waals surface area contributed by atoms with Gasteiger partial charge in [-0.3, -0.25) is 4.79 Å². The van der Waals surface area contributed by atoms with Crippen molar-refractivity contribution in [3.8, 4) is 5.75 Å². The summed E-state index contributed by atoms with van der Waals surface area (Å²) in [6, 6.07) is 7.83. The van der Waals surface area contributed by atoms with Crippen LogP contribution in [-0.4, -0.2) is 56.3 Å². The number of carbonyl (C=O) groups is 1. The quantitative estimate of drug-likeness (QED) is 0.736. The van der Waals surface area contributed by atoms with E-state index in [9.17, 15) is 4.79 Å². The van der Waals surface area contributed by atoms with Crippen LogP contribution in [0.5, 0.6) is 5.75 Å². The van der Waals surface area contributed by atoms with Crippen LogP contribution in [-0.2, 0) is 9.53 Å². The Morgan fingerprint density at radius 3 is 2.67 bits per heavy atom. The molecule has 2 heterocycles. The monoisotopic (exact) mass is 372 g/mol. The normalized spacial score (nSPS) is 22.9. The average Bonchev–Trinajstić information content (AvgIpc) is 2.64. The Morgan fingerprint density at radius 2 is 1.93 bits per heavy atom. The van der Waals surface area contributed by atoms with E-state index in [1.54, 1.807) is 0 Å². The number of rotatable bonds is 7. The van der Waals surface area contributed by atoms with Gasteiger partial charge in [0.25, 0.3) is 5.91 Å². The molecule has 2 aliphatic heterocycles. The first-order valence-electron chi connectivity index (χ1n) is 10.5. The zero-order chi connectivity index (χ0) is 18.6. The molecule has 5 nitrogen and oxygen atoms in total. The molecule has 1 atom stereocenters. The van der Waals surface area contributed by atoms with Crippen LogP contribution in [0.3, 0.4) is 0 Å². The molecule has 1 aromatic rings. The van der Waals surface area contributed by atoms with Gasteiger partial charge >= 0.3 is 0 Å². The number of likely N-dealkylation sites (tertiary alicyclic amines) is 1. The number of nitrogens with zero attached hydrogens (tertiary/aromatic N) is 2. The molecule has 0 radical (unpaired) electrons. The van der Waals surface area contributed by atoms with Crippen molar-refractivity contribution in [2.75, 3.05) is 44.3 Å². The number of anilines is 1. The highest BCUT2D eigenvalue weighted by Gasteiger charge is 2.28. The van der Waals surface area contributed by atoms with Gasteiger partial charge in [0.2, 0.25) is 0 Å². The fourth-order valence-electron chi connectivity index (χ4n) is 4.35. The van der Waals surface area contributed by atoms with E-state index in [1.165, 1.54) is 19.3 Å². The summed E-state index contributed by atoms with van der Waals surface area (Å²) in [5.74, 6) is 2.13. The van der Waals surface area contributed by atoms with Crippen LogP contribution in [0.4, 0.5) is 5.69 Å². The molecule has 2 fully saturated rings. The third-order valence-electron chi connectivity index (χ3n) is 6.20. The molecule has 27 heavy (non-hydrogen) atoms. The Bertz CT molecular complexity index is 638. The predicted molar refractivity (Wildman–Crippen MR) is 106 cm³/mol. The minimum atomic E-state index is 0.0589. The Hall–Kier alpha value is -1.59. The van der Waals surface area contributed by atoms with Crippen molar-refractivity contribution in [1.29, 1.82) is 0 Å². The van der Waals surface area contributed by atoms with Crippen LogP contribution >= 0.6 is 0 Å². The Morgan fingerprint density at radius 1 is 1.15 bits per heavy atom. The summed E-state index contributed by atoms with van der Waals surface area (Å²) in [5.41, 5.74) is 0.906. The molecule has 1 saturated carbocycles. The van der Waals surface area contributed by atoms with Gasteiger partial charge < -0.3 is 19.3 Å². The molecule has 1 saturated heterocycles. The van der Waals surface area contributed by atoms with Crippen molar-refractivity contribution in [3.63, 3.8) is 0 Å². The van der Waals surface area contributed by atoms with Crippen molar-refractivity contribution >= 4 is 11.6 Å². The number of carbonyl (C=O) groups excluding carboxylic acids is 1. The highest BCUT2D eigenvalue weighted by Crippen LogP contribution is 2.32. The maximum absolute atomic E-state index is 12.4. The molecule has 1 amide bonds. The van der Waals surface area contributed by atoms with Gasteiger partial charge in [0.15, 0.2) is 6.61 Å². The smallest absolute Gasteiger partial charge is 0.265 e. The summed E-state index contributed by atoms with van der Waals surface area (Å²) >= 11 is 0. The second-order valence-corrected chi connectivity index (χ2v) is 8.50. The lowest BCUT2D eigenvalue weighted by Crippen LogP contribution is -2.45. The zero-order valence-electron chi connectivity index (χ0n) is 16.4. The molecule has 1 aliphatic carbocycles. The topological polar surface area (TPSA) is 42.0 Å². The fraction of sp³-hybridized carbons (Fsp3) is 0.682. The largest absolute Gasteiger partial charge is 0.482 e. The van der Waals surface area contributed by atoms with Gasteiger partial charge in [-0.2, -0.15) is 0 Å². The van der Waals surface area contributed by atoms with Crippen molar-refractivity contribution in [2.45, 2.75) is 45.1 Å². The molecular formula is C22H32N2O3. The Balaban J connectivity index is 1.23. The Kier molecular flexibility index (Phi) is 5.98. The summed E-state index contributed by atoms with van der Waals surface area (Å²) in [4.78, 5) is 16.8. The molecular weight excluding hydrogens is 340 g/mol. The number of ether oxygens (including phenoxy) is 2. The third kappa shape index (κ3) is 4.64. The maximum Gasteiger partial charge on any atom is 0.265 e. The van der Waals surface area contributed by atoms with Crippen LogP contribution in [0.15, 0.2) is 24.3 Å². The van der Waals surface area contributed by atoms with E-state index in [0.29, 0.717) is 12.0 Å². The first-order chi connectivity index (χ1) is 13.2. The number of benzene rings is 1. The highest BCUT2D eigenvalue weighted by atomic mass is 16.5. The molecule has 3 aliphatic rings. The average molecular weight is 373 g/mol. The van der Waals surface area contributed by atoms with E-state index in [0.717, 1.165) is 63.0 Å². The van der Waals surface area contributed by atoms with Gasteiger partial charge in [0.1, 0.15) is 5.75 Å². The van der Waals surface area contributed by atoms with Crippen LogP contribution in [0.2, 0.25) is 0 Å². The summed E-state index contributed by atoms with van der Waals surface area (Å²) in [6.45, 7) is 7.34. The summed E-state index contributed by atoms with van der Waals surface area (Å²) in [6.07, 6.45) is 6.84. The van der Waals surface area contributed by atoms with Crippen LogP contribution in [0, 0.1) is 11.8 Å². The van der Waals surface area contributed by atoms with E-state index in [2.05, 4.69) is 11.8 Å². The first kappa shape index (κ1) is 18.8. The van der Waals surface area contributed by atoms with Crippen LogP contribution in [0.25, 0.3) is 0 Å². The molecule has 0 unspecified atom stereocenters. The van der Waals surface area contributed by atoms with E-state index in [1.807, 2.05) is 29.2 Å². The van der Waals surface area contributed by atoms with E-state index >= 15 is 0 Å². The minimum Gasteiger partial charge on any atom is -0.482 e. The third-order valence-corrected chi connectivity index (χ3v) is 6.20. The lowest BCUT2D eigenvalue weighted by Gasteiger charge is -2.36. The lowest BCUT2D eigenvalue weighted by atomic mass is 9.86. The Labute approximate surface area is 162 Å². The second-order valence-electron chi connectivity index (χ2n) is 8.50. The predicted octanol–water partition coefficient (Wildman–Crippen LogP) is 3.33. The molecule has 148 valence electrons. The van der Waals surface area contributed by atoms with E-state index in [4.69, 9.17) is 9.47 Å². The van der Waals surface area contributed by atoms with Crippen molar-refractivity contribution in [2.24, 2.45) is 11.8 Å². The molecule has 0 N–H and O–H groups in total. The number of piperidine rings is 1. The van der Waals surface area contributed by atoms with Gasteiger partial charge in [0, 0.05) is 32.8 Å². The van der Waals surface area contributed by atoms with Crippen molar-refractivity contribution < 1.29 is 14.3 Å². The molecule has 4 rings (SSSR count). The van der Waals surface area contributed by atoms with E-state index in [-0.39, 0.29) is 12.5 Å². The summed E-state index contributed by atoms with van der Waals surface area (Å²) < 4.78 is 11.7. The lowest BCUT2D eigenvalue weighted by molar-refractivity contribution is -0.121. The number of para-hydroxylation sites is 2. The van der Waals surface area contributed by atoms with Gasteiger partial charge in [-0.25, -0.2) is 0 Å². The number of fused-ring (bicyclic) bond motifs is 1. The van der Waals surface area contributed by atoms with Gasteiger partial charge in [0.05, 0.1) is 11.8 Å². The maximum atomic E-state index is 12.4. The summed E-state index contributed by atoms with van der Waals surface area (Å²) in [5, 5.41) is 0. The number of hydrogen-bond donors (Lipinski definition) is 0. The molecule has 5 heteroatoms. The van der Waals surface area contributed by atoms with Crippen LogP contribution < -0.4 is 9.64 Å². The summed E-state index contributed by atoms with van der Waals surface area (Å²) in [7, 11) is 0. The van der Waals surface area contributed by atoms with Gasteiger partial charge in [-0.1, -0.05) is 25.5 Å². The highest BCUT2D eigenvalue weighted by molar-refractivity contribution is 5.97. The SMILES string of the molecule is C[C@H](CN1CCC(OCC2CCC2)CC1)CN1C(=O)COc2ccccc21. The van der Waals surface area contributed by atoms with Gasteiger partial charge in [-0.15, -0.1) is 0 Å². The molecule has 0 bridgehead atoms. The van der Waals surface area contributed by atoms with Crippen LogP contribution in [0.1, 0.15) is 39.0 Å². The zero-order valence-corrected chi connectivity index (χ0v) is 16.4.